The Kier molecular flexibility index (Phi) is 6.96. The zero-order valence-electron chi connectivity index (χ0n) is 17.7. The Hall–Kier alpha value is -4.48. The summed E-state index contributed by atoms with van der Waals surface area (Å²) in [5, 5.41) is 8.31. The first-order valence-corrected chi connectivity index (χ1v) is 10.2. The molecule has 3 amide bonds. The van der Waals surface area contributed by atoms with Gasteiger partial charge in [-0.15, -0.1) is 0 Å². The number of hydrogen-bond donors (Lipinski definition) is 2. The summed E-state index contributed by atoms with van der Waals surface area (Å²) in [5.41, 5.74) is 0.955. The molecule has 0 unspecified atom stereocenters. The Morgan fingerprint density at radius 2 is 1.79 bits per heavy atom. The van der Waals surface area contributed by atoms with E-state index in [1.54, 1.807) is 18.2 Å². The van der Waals surface area contributed by atoms with Gasteiger partial charge in [-0.25, -0.2) is 9.18 Å². The van der Waals surface area contributed by atoms with Gasteiger partial charge in [-0.05, 0) is 36.4 Å². The maximum absolute atomic E-state index is 13.0. The average molecular weight is 470 g/mol. The van der Waals surface area contributed by atoms with Crippen LogP contribution in [-0.4, -0.2) is 47.9 Å². The highest BCUT2D eigenvalue weighted by Gasteiger charge is 2.16. The maximum atomic E-state index is 13.0. The van der Waals surface area contributed by atoms with E-state index in [-0.39, 0.29) is 30.4 Å². The molecule has 12 heteroatoms. The Morgan fingerprint density at radius 3 is 2.59 bits per heavy atom. The first kappa shape index (κ1) is 22.7. The summed E-state index contributed by atoms with van der Waals surface area (Å²) in [5.74, 6) is -0.405. The third kappa shape index (κ3) is 6.06. The smallest absolute Gasteiger partial charge is 0.325 e. The summed E-state index contributed by atoms with van der Waals surface area (Å²) in [6.45, 7) is 0.200. The Balaban J connectivity index is 1.17. The third-order valence-corrected chi connectivity index (χ3v) is 4.53. The lowest BCUT2D eigenvalue weighted by atomic mass is 10.2. The van der Waals surface area contributed by atoms with Crippen molar-refractivity contribution >= 4 is 23.6 Å². The number of esters is 1. The summed E-state index contributed by atoms with van der Waals surface area (Å²) in [6, 6.07) is 9.54. The molecule has 2 N–H and O–H groups in total. The minimum absolute atomic E-state index is 0.0826. The van der Waals surface area contributed by atoms with Crippen LogP contribution in [0.5, 0.6) is 11.5 Å². The number of hydrogen-bond acceptors (Lipinski definition) is 9. The van der Waals surface area contributed by atoms with E-state index in [0.717, 1.165) is 0 Å². The van der Waals surface area contributed by atoms with Crippen molar-refractivity contribution in [1.29, 1.82) is 0 Å². The van der Waals surface area contributed by atoms with Crippen LogP contribution < -0.4 is 20.1 Å². The molecule has 2 aromatic carbocycles. The van der Waals surface area contributed by atoms with Gasteiger partial charge in [0.2, 0.25) is 11.7 Å². The molecule has 3 aromatic rings. The zero-order valence-corrected chi connectivity index (χ0v) is 17.7. The van der Waals surface area contributed by atoms with Crippen LogP contribution in [-0.2, 0) is 20.7 Å². The number of nitrogens with zero attached hydrogens (tertiary/aromatic N) is 2. The maximum Gasteiger partial charge on any atom is 0.325 e. The lowest BCUT2D eigenvalue weighted by Gasteiger charge is -2.19. The van der Waals surface area contributed by atoms with Gasteiger partial charge in [-0.3, -0.25) is 14.9 Å². The minimum atomic E-state index is -0.806. The highest BCUT2D eigenvalue weighted by atomic mass is 19.1. The van der Waals surface area contributed by atoms with Crippen LogP contribution in [0.1, 0.15) is 12.3 Å². The van der Waals surface area contributed by atoms with E-state index in [1.165, 1.54) is 24.3 Å². The molecule has 0 radical (unpaired) electrons. The minimum Gasteiger partial charge on any atom is -0.486 e. The van der Waals surface area contributed by atoms with E-state index in [4.69, 9.17) is 18.7 Å². The van der Waals surface area contributed by atoms with E-state index in [1.807, 2.05) is 0 Å². The van der Waals surface area contributed by atoms with Gasteiger partial charge in [0.05, 0.1) is 6.42 Å². The number of carbonyl (C=O) groups excluding carboxylic acids is 3. The number of carbonyl (C=O) groups is 3. The van der Waals surface area contributed by atoms with E-state index in [0.29, 0.717) is 36.0 Å². The van der Waals surface area contributed by atoms with Crippen molar-refractivity contribution in [3.05, 3.63) is 54.2 Å². The lowest BCUT2D eigenvalue weighted by molar-refractivity contribution is -0.148. The standard InChI is InChI=1S/C22H19FN4O7/c23-14-3-1-13(2-4-14)21-26-19(34-27-21)7-8-20(29)33-12-18(28)25-22(30)24-15-5-6-16-17(11-15)32-10-9-31-16/h1-6,11H,7-10,12H2,(H2,24,25,28,30). The number of fused-ring (bicyclic) bond motifs is 1. The van der Waals surface area contributed by atoms with Gasteiger partial charge in [0, 0.05) is 23.7 Å². The van der Waals surface area contributed by atoms with E-state index in [9.17, 15) is 18.8 Å². The van der Waals surface area contributed by atoms with Crippen LogP contribution in [0.4, 0.5) is 14.9 Å². The second-order valence-corrected chi connectivity index (χ2v) is 7.04. The first-order chi connectivity index (χ1) is 16.5. The monoisotopic (exact) mass is 470 g/mol. The Bertz CT molecular complexity index is 1200. The van der Waals surface area contributed by atoms with Crippen molar-refractivity contribution in [2.45, 2.75) is 12.8 Å². The predicted molar refractivity (Wildman–Crippen MR) is 114 cm³/mol. The molecule has 0 saturated carbocycles. The normalized spacial score (nSPS) is 12.0. The van der Waals surface area contributed by atoms with E-state index >= 15 is 0 Å². The number of urea groups is 1. The molecule has 2 heterocycles. The Labute approximate surface area is 192 Å². The number of aryl methyl sites for hydroxylation is 1. The molecule has 4 rings (SSSR count). The number of rotatable bonds is 7. The molecule has 11 nitrogen and oxygen atoms in total. The van der Waals surface area contributed by atoms with Gasteiger partial charge in [-0.2, -0.15) is 4.98 Å². The molecular weight excluding hydrogens is 451 g/mol. The van der Waals surface area contributed by atoms with Gasteiger partial charge in [0.1, 0.15) is 19.0 Å². The second kappa shape index (κ2) is 10.4. The largest absolute Gasteiger partial charge is 0.486 e. The summed E-state index contributed by atoms with van der Waals surface area (Å²) < 4.78 is 33.7. The summed E-state index contributed by atoms with van der Waals surface area (Å²) in [4.78, 5) is 39.9. The van der Waals surface area contributed by atoms with Crippen molar-refractivity contribution in [2.24, 2.45) is 0 Å². The number of anilines is 1. The van der Waals surface area contributed by atoms with Crippen molar-refractivity contribution in [3.63, 3.8) is 0 Å². The summed E-state index contributed by atoms with van der Waals surface area (Å²) in [7, 11) is 0. The number of ether oxygens (including phenoxy) is 3. The molecule has 1 aromatic heterocycles. The SMILES string of the molecule is O=C(COC(=O)CCc1nc(-c2ccc(F)cc2)no1)NC(=O)Nc1ccc2c(c1)OCCO2. The van der Waals surface area contributed by atoms with Crippen LogP contribution in [0.25, 0.3) is 11.4 Å². The molecule has 176 valence electrons. The van der Waals surface area contributed by atoms with Gasteiger partial charge in [-0.1, -0.05) is 5.16 Å². The van der Waals surface area contributed by atoms with Gasteiger partial charge in [0.25, 0.3) is 5.91 Å². The van der Waals surface area contributed by atoms with Crippen LogP contribution in [0, 0.1) is 5.82 Å². The number of imide groups is 1. The molecule has 34 heavy (non-hydrogen) atoms. The zero-order chi connectivity index (χ0) is 23.9. The number of benzene rings is 2. The van der Waals surface area contributed by atoms with Crippen molar-refractivity contribution in [2.75, 3.05) is 25.1 Å². The Morgan fingerprint density at radius 1 is 1.03 bits per heavy atom. The predicted octanol–water partition coefficient (Wildman–Crippen LogP) is 2.47. The molecule has 1 aliphatic rings. The second-order valence-electron chi connectivity index (χ2n) is 7.04. The molecular formula is C22H19FN4O7. The van der Waals surface area contributed by atoms with Crippen LogP contribution >= 0.6 is 0 Å². The quantitative estimate of drug-likeness (QED) is 0.498. The van der Waals surface area contributed by atoms with Gasteiger partial charge >= 0.3 is 12.0 Å². The van der Waals surface area contributed by atoms with Crippen molar-refractivity contribution in [3.8, 4) is 22.9 Å². The van der Waals surface area contributed by atoms with E-state index < -0.39 is 24.5 Å². The lowest BCUT2D eigenvalue weighted by Crippen LogP contribution is -2.37. The molecule has 0 spiro atoms. The summed E-state index contributed by atoms with van der Waals surface area (Å²) >= 11 is 0. The molecule has 1 aliphatic heterocycles. The fourth-order valence-corrected chi connectivity index (χ4v) is 2.95. The number of amides is 3. The average Bonchev–Trinajstić information content (AvgIpc) is 3.31. The fourth-order valence-electron chi connectivity index (χ4n) is 2.95. The number of aromatic nitrogens is 2. The molecule has 0 aliphatic carbocycles. The van der Waals surface area contributed by atoms with Gasteiger partial charge in [0.15, 0.2) is 18.1 Å². The fraction of sp³-hybridized carbons (Fsp3) is 0.227. The van der Waals surface area contributed by atoms with Crippen LogP contribution in [0.15, 0.2) is 47.0 Å². The van der Waals surface area contributed by atoms with Gasteiger partial charge < -0.3 is 24.1 Å². The van der Waals surface area contributed by atoms with Crippen molar-refractivity contribution < 1.29 is 37.5 Å². The number of nitrogens with one attached hydrogen (secondary N) is 2. The first-order valence-electron chi connectivity index (χ1n) is 10.2. The summed E-state index contributed by atoms with van der Waals surface area (Å²) in [6.07, 6.45) is -0.0407. The topological polar surface area (TPSA) is 142 Å². The van der Waals surface area contributed by atoms with Crippen LogP contribution in [0.2, 0.25) is 0 Å². The highest BCUT2D eigenvalue weighted by Crippen LogP contribution is 2.32. The van der Waals surface area contributed by atoms with Crippen LogP contribution in [0.3, 0.4) is 0 Å². The molecule has 0 fully saturated rings. The highest BCUT2D eigenvalue weighted by molar-refractivity contribution is 6.02. The van der Waals surface area contributed by atoms with E-state index in [2.05, 4.69) is 20.8 Å². The van der Waals surface area contributed by atoms with Crippen molar-refractivity contribution in [1.82, 2.24) is 15.5 Å². The molecule has 0 bridgehead atoms. The third-order valence-electron chi connectivity index (χ3n) is 4.53. The molecule has 0 atom stereocenters. The number of halogens is 1. The molecule has 0 saturated heterocycles.